The van der Waals surface area contributed by atoms with Crippen LogP contribution in [0, 0.1) is 0 Å². The summed E-state index contributed by atoms with van der Waals surface area (Å²) in [6, 6.07) is 0. The van der Waals surface area contributed by atoms with Gasteiger partial charge in [0.05, 0.1) is 12.6 Å². The molecule has 1 N–H and O–H groups in total. The van der Waals surface area contributed by atoms with Crippen LogP contribution in [0.2, 0.25) is 0 Å². The molecule has 1 aliphatic heterocycles. The molecule has 1 saturated heterocycles. The summed E-state index contributed by atoms with van der Waals surface area (Å²) in [4.78, 5) is 11.0. The fourth-order valence-corrected chi connectivity index (χ4v) is 2.31. The van der Waals surface area contributed by atoms with Gasteiger partial charge in [-0.15, -0.1) is 0 Å². The second-order valence-electron chi connectivity index (χ2n) is 3.78. The second-order valence-corrected chi connectivity index (χ2v) is 3.78. The van der Waals surface area contributed by atoms with Gasteiger partial charge in [0.15, 0.2) is 5.60 Å². The summed E-state index contributed by atoms with van der Waals surface area (Å²) in [6.45, 7) is 0.602. The fourth-order valence-electron chi connectivity index (χ4n) is 2.31. The van der Waals surface area contributed by atoms with E-state index in [0.717, 1.165) is 25.7 Å². The molecule has 1 heterocycles. The Kier molecular flexibility index (Phi) is 2.15. The summed E-state index contributed by atoms with van der Waals surface area (Å²) in [7, 11) is 1.68. The van der Waals surface area contributed by atoms with Gasteiger partial charge in [0.2, 0.25) is 0 Å². The first-order chi connectivity index (χ1) is 6.27. The Hall–Kier alpha value is -0.770. The number of methoxy groups -OCH3 is 1. The maximum absolute atomic E-state index is 11.0. The van der Waals surface area contributed by atoms with Gasteiger partial charge in [-0.25, -0.2) is 4.79 Å². The van der Waals surface area contributed by atoms with Gasteiger partial charge in [0, 0.05) is 7.11 Å². The first-order valence-corrected chi connectivity index (χ1v) is 4.76. The Balaban J connectivity index is 2.13. The average molecular weight is 185 g/mol. The molecule has 2 fully saturated rings. The summed E-state index contributed by atoms with van der Waals surface area (Å²) >= 11 is 0. The molecule has 4 nitrogen and oxygen atoms in total. The molecule has 2 atom stereocenters. The third kappa shape index (κ3) is 1.39. The first kappa shape index (κ1) is 8.81. The predicted octanol–water partition coefficient (Wildman–Crippen LogP) is 1.05. The number of alkyl carbamates (subject to hydrolysis) is 1. The van der Waals surface area contributed by atoms with E-state index in [-0.39, 0.29) is 17.8 Å². The highest BCUT2D eigenvalue weighted by Crippen LogP contribution is 2.35. The van der Waals surface area contributed by atoms with E-state index in [1.54, 1.807) is 7.11 Å². The monoisotopic (exact) mass is 185 g/mol. The van der Waals surface area contributed by atoms with Gasteiger partial charge in [-0.2, -0.15) is 0 Å². The van der Waals surface area contributed by atoms with E-state index in [4.69, 9.17) is 9.47 Å². The lowest BCUT2D eigenvalue weighted by Gasteiger charge is -2.37. The van der Waals surface area contributed by atoms with E-state index in [1.165, 1.54) is 0 Å². The van der Waals surface area contributed by atoms with Gasteiger partial charge in [0.25, 0.3) is 0 Å². The molecule has 2 rings (SSSR count). The SMILES string of the molecule is COC1CCCCC12CNC(=O)O2. The highest BCUT2D eigenvalue weighted by molar-refractivity contribution is 5.70. The molecule has 1 aliphatic carbocycles. The minimum absolute atomic E-state index is 0.0696. The lowest BCUT2D eigenvalue weighted by molar-refractivity contribution is -0.0950. The van der Waals surface area contributed by atoms with E-state index in [1.807, 2.05) is 0 Å². The summed E-state index contributed by atoms with van der Waals surface area (Å²) in [5, 5.41) is 2.70. The van der Waals surface area contributed by atoms with Gasteiger partial charge in [-0.05, 0) is 19.3 Å². The molecule has 0 bridgehead atoms. The molecule has 2 aliphatic rings. The maximum Gasteiger partial charge on any atom is 0.407 e. The van der Waals surface area contributed by atoms with Crippen LogP contribution in [-0.4, -0.2) is 31.5 Å². The number of rotatable bonds is 1. The molecular formula is C9H15NO3. The van der Waals surface area contributed by atoms with Crippen molar-refractivity contribution in [3.8, 4) is 0 Å². The van der Waals surface area contributed by atoms with E-state index in [9.17, 15) is 4.79 Å². The van der Waals surface area contributed by atoms with Crippen molar-refractivity contribution in [3.63, 3.8) is 0 Å². The van der Waals surface area contributed by atoms with Crippen LogP contribution < -0.4 is 5.32 Å². The molecule has 0 radical (unpaired) electrons. The Morgan fingerprint density at radius 3 is 3.08 bits per heavy atom. The van der Waals surface area contributed by atoms with Crippen LogP contribution in [0.1, 0.15) is 25.7 Å². The fraction of sp³-hybridized carbons (Fsp3) is 0.889. The Morgan fingerprint density at radius 2 is 2.46 bits per heavy atom. The Bertz CT molecular complexity index is 219. The molecule has 1 spiro atoms. The zero-order chi connectivity index (χ0) is 9.31. The number of nitrogens with one attached hydrogen (secondary N) is 1. The van der Waals surface area contributed by atoms with Crippen molar-refractivity contribution in [3.05, 3.63) is 0 Å². The van der Waals surface area contributed by atoms with Crippen molar-refractivity contribution in [2.24, 2.45) is 0 Å². The van der Waals surface area contributed by atoms with Crippen LogP contribution in [0.25, 0.3) is 0 Å². The molecule has 1 amide bonds. The molecule has 1 saturated carbocycles. The van der Waals surface area contributed by atoms with Gasteiger partial charge < -0.3 is 14.8 Å². The second kappa shape index (κ2) is 3.18. The molecule has 13 heavy (non-hydrogen) atoms. The molecule has 74 valence electrons. The normalized spacial score (nSPS) is 38.8. The molecular weight excluding hydrogens is 170 g/mol. The lowest BCUT2D eigenvalue weighted by Crippen LogP contribution is -2.48. The smallest absolute Gasteiger partial charge is 0.407 e. The predicted molar refractivity (Wildman–Crippen MR) is 46.5 cm³/mol. The summed E-state index contributed by atoms with van der Waals surface area (Å²) < 4.78 is 10.7. The van der Waals surface area contributed by atoms with Crippen molar-refractivity contribution in [1.82, 2.24) is 5.32 Å². The third-order valence-electron chi connectivity index (χ3n) is 3.02. The zero-order valence-electron chi connectivity index (χ0n) is 7.84. The van der Waals surface area contributed by atoms with Gasteiger partial charge in [-0.1, -0.05) is 6.42 Å². The van der Waals surface area contributed by atoms with Crippen molar-refractivity contribution in [2.45, 2.75) is 37.4 Å². The van der Waals surface area contributed by atoms with E-state index < -0.39 is 0 Å². The number of carbonyl (C=O) groups excluding carboxylic acids is 1. The topological polar surface area (TPSA) is 47.6 Å². The number of hydrogen-bond acceptors (Lipinski definition) is 3. The van der Waals surface area contributed by atoms with E-state index in [0.29, 0.717) is 6.54 Å². The van der Waals surface area contributed by atoms with Gasteiger partial charge in [-0.3, -0.25) is 0 Å². The minimum atomic E-state index is -0.371. The van der Waals surface area contributed by atoms with E-state index in [2.05, 4.69) is 5.32 Å². The van der Waals surface area contributed by atoms with Crippen LogP contribution in [0.15, 0.2) is 0 Å². The van der Waals surface area contributed by atoms with Crippen molar-refractivity contribution in [2.75, 3.05) is 13.7 Å². The highest BCUT2D eigenvalue weighted by Gasteiger charge is 2.48. The summed E-state index contributed by atoms with van der Waals surface area (Å²) in [6.07, 6.45) is 3.96. The Morgan fingerprint density at radius 1 is 1.62 bits per heavy atom. The van der Waals surface area contributed by atoms with Crippen LogP contribution in [0.3, 0.4) is 0 Å². The maximum atomic E-state index is 11.0. The molecule has 0 aromatic heterocycles. The van der Waals surface area contributed by atoms with Gasteiger partial charge in [0.1, 0.15) is 0 Å². The number of carbonyl (C=O) groups is 1. The first-order valence-electron chi connectivity index (χ1n) is 4.76. The molecule has 0 aromatic rings. The van der Waals surface area contributed by atoms with E-state index >= 15 is 0 Å². The average Bonchev–Trinajstić information content (AvgIpc) is 2.49. The minimum Gasteiger partial charge on any atom is -0.438 e. The van der Waals surface area contributed by atoms with Crippen LogP contribution in [0.5, 0.6) is 0 Å². The molecule has 2 unspecified atom stereocenters. The molecule has 4 heteroatoms. The highest BCUT2D eigenvalue weighted by atomic mass is 16.6. The zero-order valence-corrected chi connectivity index (χ0v) is 7.84. The van der Waals surface area contributed by atoms with Gasteiger partial charge >= 0.3 is 6.09 Å². The van der Waals surface area contributed by atoms with Crippen molar-refractivity contribution >= 4 is 6.09 Å². The van der Waals surface area contributed by atoms with Crippen molar-refractivity contribution in [1.29, 1.82) is 0 Å². The van der Waals surface area contributed by atoms with Crippen LogP contribution >= 0.6 is 0 Å². The Labute approximate surface area is 77.6 Å². The lowest BCUT2D eigenvalue weighted by atomic mass is 9.82. The largest absolute Gasteiger partial charge is 0.438 e. The van der Waals surface area contributed by atoms with Crippen LogP contribution in [0.4, 0.5) is 4.79 Å². The number of hydrogen-bond donors (Lipinski definition) is 1. The van der Waals surface area contributed by atoms with Crippen molar-refractivity contribution < 1.29 is 14.3 Å². The number of amides is 1. The molecule has 0 aromatic carbocycles. The quantitative estimate of drug-likeness (QED) is 0.664. The van der Waals surface area contributed by atoms with Crippen LogP contribution in [-0.2, 0) is 9.47 Å². The number of ether oxygens (including phenoxy) is 2. The standard InChI is InChI=1S/C9H15NO3/c1-12-7-4-2-3-5-9(7)6-10-8(11)13-9/h7H,2-6H2,1H3,(H,10,11). The summed E-state index contributed by atoms with van der Waals surface area (Å²) in [5.41, 5.74) is -0.371. The third-order valence-corrected chi connectivity index (χ3v) is 3.02. The summed E-state index contributed by atoms with van der Waals surface area (Å²) in [5.74, 6) is 0.